The Hall–Kier alpha value is -0.180. The van der Waals surface area contributed by atoms with Crippen molar-refractivity contribution in [1.29, 1.82) is 0 Å². The predicted molar refractivity (Wildman–Crippen MR) is 38.3 cm³/mol. The number of alkyl halides is 2. The molecule has 0 bridgehead atoms. The molecule has 0 radical (unpaired) electrons. The molecule has 0 rings (SSSR count). The highest BCUT2D eigenvalue weighted by molar-refractivity contribution is 4.72. The minimum atomic E-state index is -2.25. The molecule has 0 aliphatic heterocycles. The molecule has 0 aliphatic carbocycles. The van der Waals surface area contributed by atoms with Crippen LogP contribution in [-0.2, 0) is 0 Å². The molecule has 0 fully saturated rings. The first kappa shape index (κ1) is 9.82. The Morgan fingerprint density at radius 2 is 1.90 bits per heavy atom. The van der Waals surface area contributed by atoms with Gasteiger partial charge in [-0.1, -0.05) is 20.3 Å². The second-order valence-electron chi connectivity index (χ2n) is 2.53. The van der Waals surface area contributed by atoms with Crippen LogP contribution in [0.25, 0.3) is 0 Å². The molecule has 0 saturated heterocycles. The first-order chi connectivity index (χ1) is 4.63. The van der Waals surface area contributed by atoms with E-state index in [1.54, 1.807) is 7.05 Å². The molecular weight excluding hydrogens is 136 g/mol. The average molecular weight is 151 g/mol. The summed E-state index contributed by atoms with van der Waals surface area (Å²) in [7, 11) is 1.57. The molecule has 10 heavy (non-hydrogen) atoms. The Balaban J connectivity index is 3.80. The van der Waals surface area contributed by atoms with Gasteiger partial charge in [-0.2, -0.15) is 0 Å². The molecule has 62 valence electrons. The second-order valence-corrected chi connectivity index (χ2v) is 2.53. The van der Waals surface area contributed by atoms with E-state index in [2.05, 4.69) is 5.32 Å². The lowest BCUT2D eigenvalue weighted by molar-refractivity contribution is 0.0759. The summed E-state index contributed by atoms with van der Waals surface area (Å²) in [6, 6.07) is -0.648. The van der Waals surface area contributed by atoms with Gasteiger partial charge in [0.2, 0.25) is 0 Å². The van der Waals surface area contributed by atoms with Crippen molar-refractivity contribution < 1.29 is 8.78 Å². The van der Waals surface area contributed by atoms with Gasteiger partial charge in [-0.25, -0.2) is 8.78 Å². The van der Waals surface area contributed by atoms with Gasteiger partial charge in [0.1, 0.15) is 0 Å². The molecule has 2 atom stereocenters. The second kappa shape index (κ2) is 4.61. The monoisotopic (exact) mass is 151 g/mol. The lowest BCUT2D eigenvalue weighted by atomic mass is 10.00. The van der Waals surface area contributed by atoms with Gasteiger partial charge < -0.3 is 5.32 Å². The Morgan fingerprint density at radius 3 is 2.00 bits per heavy atom. The number of rotatable bonds is 4. The van der Waals surface area contributed by atoms with Crippen molar-refractivity contribution in [2.24, 2.45) is 5.92 Å². The van der Waals surface area contributed by atoms with Crippen molar-refractivity contribution in [2.75, 3.05) is 7.05 Å². The van der Waals surface area contributed by atoms with E-state index in [4.69, 9.17) is 0 Å². The fourth-order valence-electron chi connectivity index (χ4n) is 0.913. The molecule has 0 spiro atoms. The van der Waals surface area contributed by atoms with E-state index in [1.807, 2.05) is 13.8 Å². The number of hydrogen-bond donors (Lipinski definition) is 1. The van der Waals surface area contributed by atoms with Crippen LogP contribution in [0.2, 0.25) is 0 Å². The summed E-state index contributed by atoms with van der Waals surface area (Å²) in [6.45, 7) is 3.74. The number of nitrogens with one attached hydrogen (secondary N) is 1. The van der Waals surface area contributed by atoms with Gasteiger partial charge in [0.15, 0.2) is 0 Å². The van der Waals surface area contributed by atoms with Crippen LogP contribution in [0, 0.1) is 5.92 Å². The van der Waals surface area contributed by atoms with Crippen LogP contribution in [0.1, 0.15) is 20.3 Å². The van der Waals surface area contributed by atoms with Crippen LogP contribution < -0.4 is 5.32 Å². The first-order valence-corrected chi connectivity index (χ1v) is 3.58. The van der Waals surface area contributed by atoms with Gasteiger partial charge in [-0.05, 0) is 13.0 Å². The zero-order valence-corrected chi connectivity index (χ0v) is 6.70. The summed E-state index contributed by atoms with van der Waals surface area (Å²) >= 11 is 0. The van der Waals surface area contributed by atoms with Crippen LogP contribution in [0.5, 0.6) is 0 Å². The van der Waals surface area contributed by atoms with Crippen molar-refractivity contribution in [3.63, 3.8) is 0 Å². The minimum Gasteiger partial charge on any atom is -0.312 e. The molecule has 0 aliphatic rings. The standard InChI is InChI=1S/C7H15F2N/c1-4-5(2)6(10-3)7(8)9/h5-7,10H,4H2,1-3H3. The van der Waals surface area contributed by atoms with E-state index in [1.165, 1.54) is 0 Å². The summed E-state index contributed by atoms with van der Waals surface area (Å²) in [6.07, 6.45) is -1.46. The zero-order valence-electron chi connectivity index (χ0n) is 6.70. The molecule has 3 heteroatoms. The maximum Gasteiger partial charge on any atom is 0.253 e. The smallest absolute Gasteiger partial charge is 0.253 e. The first-order valence-electron chi connectivity index (χ1n) is 3.58. The van der Waals surface area contributed by atoms with Crippen molar-refractivity contribution in [3.8, 4) is 0 Å². The van der Waals surface area contributed by atoms with E-state index in [0.717, 1.165) is 6.42 Å². The topological polar surface area (TPSA) is 12.0 Å². The summed E-state index contributed by atoms with van der Waals surface area (Å²) in [4.78, 5) is 0. The highest BCUT2D eigenvalue weighted by Gasteiger charge is 2.22. The fraction of sp³-hybridized carbons (Fsp3) is 1.00. The van der Waals surface area contributed by atoms with Gasteiger partial charge in [0, 0.05) is 0 Å². The molecule has 1 N–H and O–H groups in total. The molecule has 1 nitrogen and oxygen atoms in total. The van der Waals surface area contributed by atoms with E-state index in [0.29, 0.717) is 0 Å². The third-order valence-electron chi connectivity index (χ3n) is 1.86. The minimum absolute atomic E-state index is 0.0463. The van der Waals surface area contributed by atoms with Crippen LogP contribution in [-0.4, -0.2) is 19.5 Å². The van der Waals surface area contributed by atoms with Gasteiger partial charge >= 0.3 is 0 Å². The molecule has 2 unspecified atom stereocenters. The summed E-state index contributed by atoms with van der Waals surface area (Å²) in [5.41, 5.74) is 0. The Bertz CT molecular complexity index is 85.7. The van der Waals surface area contributed by atoms with Gasteiger partial charge in [-0.15, -0.1) is 0 Å². The van der Waals surface area contributed by atoms with Crippen molar-refractivity contribution in [2.45, 2.75) is 32.7 Å². The summed E-state index contributed by atoms with van der Waals surface area (Å²) in [5, 5.41) is 2.60. The molecular formula is C7H15F2N. The predicted octanol–water partition coefficient (Wildman–Crippen LogP) is 1.89. The molecule has 0 amide bonds. The maximum absolute atomic E-state index is 12.1. The highest BCUT2D eigenvalue weighted by atomic mass is 19.3. The Labute approximate surface area is 60.8 Å². The Morgan fingerprint density at radius 1 is 1.40 bits per heavy atom. The Kier molecular flexibility index (Phi) is 4.52. The molecule has 0 saturated carbocycles. The van der Waals surface area contributed by atoms with Gasteiger partial charge in [0.05, 0.1) is 6.04 Å². The highest BCUT2D eigenvalue weighted by Crippen LogP contribution is 2.13. The molecule has 0 aromatic rings. The largest absolute Gasteiger partial charge is 0.312 e. The quantitative estimate of drug-likeness (QED) is 0.647. The zero-order chi connectivity index (χ0) is 8.15. The molecule has 0 aromatic heterocycles. The number of halogens is 2. The molecule has 0 heterocycles. The molecule has 0 aromatic carbocycles. The SMILES string of the molecule is CCC(C)C(NC)C(F)F. The average Bonchev–Trinajstić information content (AvgIpc) is 1.88. The summed E-state index contributed by atoms with van der Waals surface area (Å²) < 4.78 is 24.1. The van der Waals surface area contributed by atoms with E-state index in [-0.39, 0.29) is 5.92 Å². The normalized spacial score (nSPS) is 17.4. The van der Waals surface area contributed by atoms with Crippen LogP contribution >= 0.6 is 0 Å². The third kappa shape index (κ3) is 2.60. The van der Waals surface area contributed by atoms with Crippen LogP contribution in [0.4, 0.5) is 8.78 Å². The van der Waals surface area contributed by atoms with Gasteiger partial charge in [0.25, 0.3) is 6.43 Å². The van der Waals surface area contributed by atoms with Crippen LogP contribution in [0.15, 0.2) is 0 Å². The fourth-order valence-corrected chi connectivity index (χ4v) is 0.913. The van der Waals surface area contributed by atoms with E-state index >= 15 is 0 Å². The maximum atomic E-state index is 12.1. The van der Waals surface area contributed by atoms with Crippen molar-refractivity contribution in [3.05, 3.63) is 0 Å². The van der Waals surface area contributed by atoms with Crippen LogP contribution in [0.3, 0.4) is 0 Å². The summed E-state index contributed by atoms with van der Waals surface area (Å²) in [5.74, 6) is 0.0463. The third-order valence-corrected chi connectivity index (χ3v) is 1.86. The lowest BCUT2D eigenvalue weighted by Gasteiger charge is -2.20. The lowest BCUT2D eigenvalue weighted by Crippen LogP contribution is -2.38. The van der Waals surface area contributed by atoms with Gasteiger partial charge in [-0.3, -0.25) is 0 Å². The van der Waals surface area contributed by atoms with E-state index < -0.39 is 12.5 Å². The van der Waals surface area contributed by atoms with Crippen molar-refractivity contribution >= 4 is 0 Å². The van der Waals surface area contributed by atoms with E-state index in [9.17, 15) is 8.78 Å². The van der Waals surface area contributed by atoms with Crippen molar-refractivity contribution in [1.82, 2.24) is 5.32 Å². The number of hydrogen-bond acceptors (Lipinski definition) is 1.